The van der Waals surface area contributed by atoms with Crippen LogP contribution in [0.15, 0.2) is 0 Å². The molecule has 0 rings (SSSR count). The Bertz CT molecular complexity index is 228. The zero-order chi connectivity index (χ0) is 13.5. The maximum absolute atomic E-state index is 11.5. The number of rotatable bonds is 7. The third kappa shape index (κ3) is 10.3. The fourth-order valence-corrected chi connectivity index (χ4v) is 1.09. The second-order valence-corrected chi connectivity index (χ2v) is 5.61. The molecule has 0 aliphatic rings. The minimum Gasteiger partial charge on any atom is -0.431 e. The SMILES string of the molecule is CCCCCC(=O)OC(C)(C)OOC(C)(C)C. The van der Waals surface area contributed by atoms with Crippen molar-refractivity contribution in [3.63, 3.8) is 0 Å². The molecule has 0 saturated carbocycles. The van der Waals surface area contributed by atoms with Crippen LogP contribution in [0.4, 0.5) is 0 Å². The van der Waals surface area contributed by atoms with Crippen molar-refractivity contribution in [1.82, 2.24) is 0 Å². The van der Waals surface area contributed by atoms with Crippen molar-refractivity contribution in [3.05, 3.63) is 0 Å². The first-order valence-electron chi connectivity index (χ1n) is 6.25. The maximum atomic E-state index is 11.5. The predicted molar refractivity (Wildman–Crippen MR) is 66.2 cm³/mol. The maximum Gasteiger partial charge on any atom is 0.308 e. The van der Waals surface area contributed by atoms with Gasteiger partial charge in [-0.1, -0.05) is 19.8 Å². The summed E-state index contributed by atoms with van der Waals surface area (Å²) < 4.78 is 5.19. The minimum atomic E-state index is -1.05. The van der Waals surface area contributed by atoms with Gasteiger partial charge in [0.2, 0.25) is 5.79 Å². The highest BCUT2D eigenvalue weighted by molar-refractivity contribution is 5.69. The van der Waals surface area contributed by atoms with E-state index in [9.17, 15) is 4.79 Å². The molecule has 0 aromatic carbocycles. The molecule has 0 N–H and O–H groups in total. The molecule has 4 nitrogen and oxygen atoms in total. The number of esters is 1. The third-order valence-electron chi connectivity index (χ3n) is 1.84. The first-order valence-corrected chi connectivity index (χ1v) is 6.25. The Morgan fingerprint density at radius 1 is 1.00 bits per heavy atom. The molecular weight excluding hydrogens is 220 g/mol. The first-order chi connectivity index (χ1) is 7.66. The highest BCUT2D eigenvalue weighted by atomic mass is 17.2. The molecule has 0 aliphatic carbocycles. The summed E-state index contributed by atoms with van der Waals surface area (Å²) in [6.07, 6.45) is 3.40. The summed E-state index contributed by atoms with van der Waals surface area (Å²) in [5.74, 6) is -1.29. The van der Waals surface area contributed by atoms with Crippen molar-refractivity contribution in [2.45, 2.75) is 78.6 Å². The van der Waals surface area contributed by atoms with E-state index in [4.69, 9.17) is 14.5 Å². The molecule has 0 bridgehead atoms. The molecule has 0 unspecified atom stereocenters. The molecule has 4 heteroatoms. The van der Waals surface area contributed by atoms with E-state index in [1.807, 2.05) is 20.8 Å². The zero-order valence-electron chi connectivity index (χ0n) is 12.0. The van der Waals surface area contributed by atoms with Gasteiger partial charge in [0.15, 0.2) is 0 Å². The Hall–Kier alpha value is -0.610. The molecule has 0 radical (unpaired) electrons. The second-order valence-electron chi connectivity index (χ2n) is 5.61. The third-order valence-corrected chi connectivity index (χ3v) is 1.84. The van der Waals surface area contributed by atoms with E-state index in [0.717, 1.165) is 19.3 Å². The van der Waals surface area contributed by atoms with E-state index in [1.165, 1.54) is 0 Å². The number of ether oxygens (including phenoxy) is 1. The summed E-state index contributed by atoms with van der Waals surface area (Å²) in [5, 5.41) is 0. The molecule has 0 fully saturated rings. The van der Waals surface area contributed by atoms with Gasteiger partial charge in [-0.25, -0.2) is 4.89 Å². The summed E-state index contributed by atoms with van der Waals surface area (Å²) in [4.78, 5) is 21.8. The van der Waals surface area contributed by atoms with E-state index >= 15 is 0 Å². The number of hydrogen-bond acceptors (Lipinski definition) is 4. The Balaban J connectivity index is 3.94. The molecule has 0 aliphatic heterocycles. The van der Waals surface area contributed by atoms with Gasteiger partial charge >= 0.3 is 5.97 Å². The monoisotopic (exact) mass is 246 g/mol. The van der Waals surface area contributed by atoms with Crippen LogP contribution in [0.1, 0.15) is 67.2 Å². The van der Waals surface area contributed by atoms with Crippen LogP contribution in [0.3, 0.4) is 0 Å². The highest BCUT2D eigenvalue weighted by Gasteiger charge is 2.27. The van der Waals surface area contributed by atoms with Gasteiger partial charge in [0.05, 0.1) is 5.60 Å². The summed E-state index contributed by atoms with van der Waals surface area (Å²) in [6, 6.07) is 0. The largest absolute Gasteiger partial charge is 0.431 e. The fraction of sp³-hybridized carbons (Fsp3) is 0.923. The topological polar surface area (TPSA) is 44.8 Å². The molecule has 102 valence electrons. The van der Waals surface area contributed by atoms with E-state index in [1.54, 1.807) is 13.8 Å². The molecule has 0 heterocycles. The molecule has 0 amide bonds. The molecule has 0 spiro atoms. The molecule has 0 saturated heterocycles. The van der Waals surface area contributed by atoms with Crippen molar-refractivity contribution in [2.75, 3.05) is 0 Å². The fourth-order valence-electron chi connectivity index (χ4n) is 1.09. The summed E-state index contributed by atoms with van der Waals surface area (Å²) >= 11 is 0. The average molecular weight is 246 g/mol. The van der Waals surface area contributed by atoms with Gasteiger partial charge in [0, 0.05) is 20.3 Å². The average Bonchev–Trinajstić information content (AvgIpc) is 2.14. The Morgan fingerprint density at radius 3 is 2.06 bits per heavy atom. The number of carbonyl (C=O) groups is 1. The van der Waals surface area contributed by atoms with Gasteiger partial charge in [-0.15, -0.1) is 0 Å². The standard InChI is InChI=1S/C13H26O4/c1-7-8-9-10-11(14)15-13(5,6)17-16-12(2,3)4/h7-10H2,1-6H3. The van der Waals surface area contributed by atoms with Crippen LogP contribution < -0.4 is 0 Å². The Labute approximate surface area is 105 Å². The smallest absolute Gasteiger partial charge is 0.308 e. The quantitative estimate of drug-likeness (QED) is 0.226. The molecule has 17 heavy (non-hydrogen) atoms. The highest BCUT2D eigenvalue weighted by Crippen LogP contribution is 2.18. The minimum absolute atomic E-state index is 0.249. The normalized spacial score (nSPS) is 12.6. The second kappa shape index (κ2) is 6.97. The van der Waals surface area contributed by atoms with Gasteiger partial charge in [-0.2, -0.15) is 4.89 Å². The van der Waals surface area contributed by atoms with E-state index in [0.29, 0.717) is 6.42 Å². The van der Waals surface area contributed by atoms with Crippen LogP contribution >= 0.6 is 0 Å². The Kier molecular flexibility index (Phi) is 6.72. The van der Waals surface area contributed by atoms with Crippen LogP contribution in [0, 0.1) is 0 Å². The van der Waals surface area contributed by atoms with Gasteiger partial charge in [-0.3, -0.25) is 4.79 Å². The van der Waals surface area contributed by atoms with Crippen LogP contribution in [0.5, 0.6) is 0 Å². The predicted octanol–water partition coefficient (Wildman–Crippen LogP) is 3.59. The van der Waals surface area contributed by atoms with Gasteiger partial charge in [0.1, 0.15) is 0 Å². The lowest BCUT2D eigenvalue weighted by atomic mass is 10.2. The van der Waals surface area contributed by atoms with E-state index < -0.39 is 11.4 Å². The summed E-state index contributed by atoms with van der Waals surface area (Å²) in [5.41, 5.74) is -0.425. The zero-order valence-corrected chi connectivity index (χ0v) is 12.0. The van der Waals surface area contributed by atoms with Crippen LogP contribution in [-0.4, -0.2) is 17.4 Å². The van der Waals surface area contributed by atoms with Gasteiger partial charge < -0.3 is 4.74 Å². The molecule has 0 atom stereocenters. The molecule has 0 aromatic heterocycles. The van der Waals surface area contributed by atoms with Crippen molar-refractivity contribution in [3.8, 4) is 0 Å². The lowest BCUT2D eigenvalue weighted by molar-refractivity contribution is -0.441. The van der Waals surface area contributed by atoms with E-state index in [2.05, 4.69) is 6.92 Å². The van der Waals surface area contributed by atoms with Crippen LogP contribution in [0.25, 0.3) is 0 Å². The lowest BCUT2D eigenvalue weighted by Gasteiger charge is -2.28. The van der Waals surface area contributed by atoms with E-state index in [-0.39, 0.29) is 5.97 Å². The lowest BCUT2D eigenvalue weighted by Crippen LogP contribution is -2.35. The van der Waals surface area contributed by atoms with Crippen LogP contribution in [-0.2, 0) is 19.3 Å². The first kappa shape index (κ1) is 16.4. The number of unbranched alkanes of at least 4 members (excludes halogenated alkanes) is 2. The van der Waals surface area contributed by atoms with Crippen molar-refractivity contribution in [2.24, 2.45) is 0 Å². The molecule has 0 aromatic rings. The summed E-state index contributed by atoms with van der Waals surface area (Å²) in [6.45, 7) is 11.0. The number of hydrogen-bond donors (Lipinski definition) is 0. The van der Waals surface area contributed by atoms with Crippen LogP contribution in [0.2, 0.25) is 0 Å². The molecular formula is C13H26O4. The van der Waals surface area contributed by atoms with Gasteiger partial charge in [0.25, 0.3) is 0 Å². The van der Waals surface area contributed by atoms with Crippen molar-refractivity contribution >= 4 is 5.97 Å². The van der Waals surface area contributed by atoms with Gasteiger partial charge in [-0.05, 0) is 27.2 Å². The number of carbonyl (C=O) groups excluding carboxylic acids is 1. The van der Waals surface area contributed by atoms with Crippen molar-refractivity contribution < 1.29 is 19.3 Å². The Morgan fingerprint density at radius 2 is 1.59 bits per heavy atom. The summed E-state index contributed by atoms with van der Waals surface area (Å²) in [7, 11) is 0. The van der Waals surface area contributed by atoms with Crippen molar-refractivity contribution in [1.29, 1.82) is 0 Å².